The molecule has 1 aromatic carbocycles. The molecular weight excluding hydrogens is 334 g/mol. The summed E-state index contributed by atoms with van der Waals surface area (Å²) < 4.78 is 10.6. The van der Waals surface area contributed by atoms with Gasteiger partial charge in [0.15, 0.2) is 11.5 Å². The Morgan fingerprint density at radius 2 is 1.81 bits per heavy atom. The predicted molar refractivity (Wildman–Crippen MR) is 88.5 cm³/mol. The molecule has 5 heteroatoms. The molecule has 1 N–H and O–H groups in total. The summed E-state index contributed by atoms with van der Waals surface area (Å²) >= 11 is 3.34. The maximum Gasteiger partial charge on any atom is 0.236 e. The van der Waals surface area contributed by atoms with E-state index in [-0.39, 0.29) is 5.91 Å². The van der Waals surface area contributed by atoms with Crippen LogP contribution in [0.1, 0.15) is 33.3 Å². The van der Waals surface area contributed by atoms with Crippen molar-refractivity contribution >= 4 is 21.8 Å². The molecule has 21 heavy (non-hydrogen) atoms. The van der Waals surface area contributed by atoms with Gasteiger partial charge in [-0.2, -0.15) is 0 Å². The molecule has 4 nitrogen and oxygen atoms in total. The Kier molecular flexibility index (Phi) is 7.02. The first kappa shape index (κ1) is 17.8. The van der Waals surface area contributed by atoms with E-state index in [1.54, 1.807) is 0 Å². The highest BCUT2D eigenvalue weighted by Crippen LogP contribution is 2.28. The molecule has 0 radical (unpaired) electrons. The Morgan fingerprint density at radius 3 is 2.38 bits per heavy atom. The zero-order valence-corrected chi connectivity index (χ0v) is 14.7. The fourth-order valence-corrected chi connectivity index (χ4v) is 1.92. The Morgan fingerprint density at radius 1 is 1.19 bits per heavy atom. The third kappa shape index (κ3) is 5.96. The van der Waals surface area contributed by atoms with Gasteiger partial charge in [0.25, 0.3) is 0 Å². The fraction of sp³-hybridized carbons (Fsp3) is 0.562. The van der Waals surface area contributed by atoms with E-state index in [1.165, 1.54) is 0 Å². The lowest BCUT2D eigenvalue weighted by molar-refractivity contribution is -0.122. The molecule has 0 heterocycles. The number of hydrogen-bond donors (Lipinski definition) is 1. The van der Waals surface area contributed by atoms with Gasteiger partial charge in [-0.1, -0.05) is 22.0 Å². The van der Waals surface area contributed by atoms with Crippen molar-refractivity contribution in [3.05, 3.63) is 23.8 Å². The topological polar surface area (TPSA) is 47.6 Å². The second kappa shape index (κ2) is 8.27. The Hall–Kier alpha value is -1.23. The zero-order chi connectivity index (χ0) is 15.9. The quantitative estimate of drug-likeness (QED) is 0.726. The number of nitrogens with one attached hydrogen (secondary N) is 1. The summed E-state index contributed by atoms with van der Waals surface area (Å²) in [5.74, 6) is 1.50. The van der Waals surface area contributed by atoms with Crippen molar-refractivity contribution in [3.8, 4) is 11.5 Å². The molecule has 0 fully saturated rings. The molecule has 118 valence electrons. The minimum Gasteiger partial charge on any atom is -0.490 e. The van der Waals surface area contributed by atoms with E-state index in [0.29, 0.717) is 19.8 Å². The minimum absolute atomic E-state index is 0.0153. The number of hydrogen-bond acceptors (Lipinski definition) is 3. The molecular formula is C16H24BrNO3. The number of alkyl halides is 1. The van der Waals surface area contributed by atoms with Crippen LogP contribution in [0, 0.1) is 0 Å². The lowest BCUT2D eigenvalue weighted by atomic mass is 10.1. The van der Waals surface area contributed by atoms with Gasteiger partial charge < -0.3 is 14.8 Å². The van der Waals surface area contributed by atoms with Gasteiger partial charge in [0, 0.05) is 6.54 Å². The molecule has 0 bridgehead atoms. The van der Waals surface area contributed by atoms with Gasteiger partial charge in [-0.15, -0.1) is 0 Å². The number of carbonyl (C=O) groups is 1. The molecule has 0 aromatic heterocycles. The van der Waals surface area contributed by atoms with E-state index < -0.39 is 4.32 Å². The number of rotatable bonds is 8. The smallest absolute Gasteiger partial charge is 0.236 e. The van der Waals surface area contributed by atoms with Crippen molar-refractivity contribution in [2.24, 2.45) is 0 Å². The van der Waals surface area contributed by atoms with Gasteiger partial charge in [0.2, 0.25) is 5.91 Å². The maximum absolute atomic E-state index is 11.8. The second-order valence-electron chi connectivity index (χ2n) is 5.13. The summed E-state index contributed by atoms with van der Waals surface area (Å²) in [5, 5.41) is 2.90. The van der Waals surface area contributed by atoms with Crippen LogP contribution in [0.3, 0.4) is 0 Å². The first-order chi connectivity index (χ1) is 9.88. The number of carbonyl (C=O) groups excluding carboxylic acids is 1. The van der Waals surface area contributed by atoms with E-state index in [2.05, 4.69) is 21.2 Å². The van der Waals surface area contributed by atoms with Gasteiger partial charge in [0.1, 0.15) is 0 Å². The SMILES string of the molecule is CCOc1ccc(CCNC(=O)C(C)(C)Br)cc1OCC. The van der Waals surface area contributed by atoms with Crippen molar-refractivity contribution in [2.45, 2.75) is 38.4 Å². The van der Waals surface area contributed by atoms with E-state index in [9.17, 15) is 4.79 Å². The van der Waals surface area contributed by atoms with Crippen molar-refractivity contribution in [3.63, 3.8) is 0 Å². The highest BCUT2D eigenvalue weighted by Gasteiger charge is 2.22. The average molecular weight is 358 g/mol. The number of halogens is 1. The molecule has 0 spiro atoms. The summed E-state index contributed by atoms with van der Waals surface area (Å²) in [6, 6.07) is 5.89. The summed E-state index contributed by atoms with van der Waals surface area (Å²) in [7, 11) is 0. The van der Waals surface area contributed by atoms with Gasteiger partial charge in [-0.05, 0) is 51.8 Å². The lowest BCUT2D eigenvalue weighted by Gasteiger charge is -2.16. The lowest BCUT2D eigenvalue weighted by Crippen LogP contribution is -2.38. The van der Waals surface area contributed by atoms with Gasteiger partial charge >= 0.3 is 0 Å². The van der Waals surface area contributed by atoms with Crippen LogP contribution in [0.15, 0.2) is 18.2 Å². The van der Waals surface area contributed by atoms with E-state index in [0.717, 1.165) is 23.5 Å². The van der Waals surface area contributed by atoms with Crippen LogP contribution in [-0.4, -0.2) is 30.0 Å². The van der Waals surface area contributed by atoms with Crippen molar-refractivity contribution in [2.75, 3.05) is 19.8 Å². The first-order valence-corrected chi connectivity index (χ1v) is 8.03. The van der Waals surface area contributed by atoms with E-state index in [1.807, 2.05) is 45.9 Å². The molecule has 0 aliphatic rings. The average Bonchev–Trinajstić information content (AvgIpc) is 2.41. The summed E-state index contributed by atoms with van der Waals surface area (Å²) in [6.45, 7) is 9.34. The maximum atomic E-state index is 11.8. The Bertz CT molecular complexity index is 469. The summed E-state index contributed by atoms with van der Waals surface area (Å²) in [4.78, 5) is 11.8. The number of benzene rings is 1. The first-order valence-electron chi connectivity index (χ1n) is 7.24. The normalized spacial score (nSPS) is 11.1. The molecule has 0 unspecified atom stereocenters. The molecule has 0 atom stereocenters. The molecule has 1 rings (SSSR count). The molecule has 1 amide bonds. The van der Waals surface area contributed by atoms with Crippen molar-refractivity contribution in [1.29, 1.82) is 0 Å². The van der Waals surface area contributed by atoms with Crippen molar-refractivity contribution < 1.29 is 14.3 Å². The third-order valence-corrected chi connectivity index (χ3v) is 3.21. The third-order valence-electron chi connectivity index (χ3n) is 2.85. The molecule has 0 saturated carbocycles. The standard InChI is InChI=1S/C16H24BrNO3/c1-5-20-13-8-7-12(11-14(13)21-6-2)9-10-18-15(19)16(3,4)17/h7-8,11H,5-6,9-10H2,1-4H3,(H,18,19). The van der Waals surface area contributed by atoms with E-state index >= 15 is 0 Å². The van der Waals surface area contributed by atoms with Crippen LogP contribution in [0.4, 0.5) is 0 Å². The monoisotopic (exact) mass is 357 g/mol. The van der Waals surface area contributed by atoms with Crippen LogP contribution in [-0.2, 0) is 11.2 Å². The van der Waals surface area contributed by atoms with Crippen LogP contribution in [0.5, 0.6) is 11.5 Å². The highest BCUT2D eigenvalue weighted by atomic mass is 79.9. The predicted octanol–water partition coefficient (Wildman–Crippen LogP) is 3.32. The van der Waals surface area contributed by atoms with Crippen LogP contribution in [0.2, 0.25) is 0 Å². The Labute approximate surface area is 135 Å². The fourth-order valence-electron chi connectivity index (χ4n) is 1.78. The summed E-state index contributed by atoms with van der Waals surface area (Å²) in [5.41, 5.74) is 1.11. The highest BCUT2D eigenvalue weighted by molar-refractivity contribution is 9.10. The Balaban J connectivity index is 2.63. The van der Waals surface area contributed by atoms with E-state index in [4.69, 9.17) is 9.47 Å². The molecule has 0 aliphatic heterocycles. The molecule has 0 saturated heterocycles. The largest absolute Gasteiger partial charge is 0.490 e. The molecule has 0 aliphatic carbocycles. The van der Waals surface area contributed by atoms with Gasteiger partial charge in [-0.25, -0.2) is 0 Å². The van der Waals surface area contributed by atoms with Gasteiger partial charge in [-0.3, -0.25) is 4.79 Å². The van der Waals surface area contributed by atoms with Crippen LogP contribution in [0.25, 0.3) is 0 Å². The van der Waals surface area contributed by atoms with Gasteiger partial charge in [0.05, 0.1) is 17.5 Å². The minimum atomic E-state index is -0.539. The zero-order valence-electron chi connectivity index (χ0n) is 13.2. The number of amides is 1. The van der Waals surface area contributed by atoms with Crippen LogP contribution >= 0.6 is 15.9 Å². The summed E-state index contributed by atoms with van der Waals surface area (Å²) in [6.07, 6.45) is 0.751. The van der Waals surface area contributed by atoms with Crippen molar-refractivity contribution in [1.82, 2.24) is 5.32 Å². The molecule has 1 aromatic rings. The second-order valence-corrected chi connectivity index (χ2v) is 7.11. The van der Waals surface area contributed by atoms with Crippen LogP contribution < -0.4 is 14.8 Å². The number of ether oxygens (including phenoxy) is 2.